The third-order valence-electron chi connectivity index (χ3n) is 9.69. The molecule has 4 heteroatoms. The zero-order valence-electron chi connectivity index (χ0n) is 21.9. The molecule has 1 saturated carbocycles. The van der Waals surface area contributed by atoms with Crippen LogP contribution in [0.4, 0.5) is 0 Å². The summed E-state index contributed by atoms with van der Waals surface area (Å²) in [4.78, 5) is 5.69. The lowest BCUT2D eigenvalue weighted by Gasteiger charge is -2.57. The van der Waals surface area contributed by atoms with Gasteiger partial charge in [0.2, 0.25) is 0 Å². The summed E-state index contributed by atoms with van der Waals surface area (Å²) in [6, 6.07) is 17.2. The van der Waals surface area contributed by atoms with Crippen LogP contribution < -0.4 is 10.1 Å². The molecule has 2 aliphatic carbocycles. The minimum absolute atomic E-state index is 0.510. The van der Waals surface area contributed by atoms with E-state index in [-0.39, 0.29) is 0 Å². The van der Waals surface area contributed by atoms with Gasteiger partial charge in [-0.1, -0.05) is 44.2 Å². The van der Waals surface area contributed by atoms with E-state index >= 15 is 0 Å². The molecule has 1 spiro atoms. The van der Waals surface area contributed by atoms with Crippen molar-refractivity contribution in [1.82, 2.24) is 15.1 Å². The number of piperidine rings is 1. The molecule has 2 saturated heterocycles. The van der Waals surface area contributed by atoms with Crippen molar-refractivity contribution >= 4 is 0 Å². The van der Waals surface area contributed by atoms with Gasteiger partial charge in [0.15, 0.2) is 0 Å². The molecule has 0 aromatic heterocycles. The van der Waals surface area contributed by atoms with E-state index in [0.717, 1.165) is 18.3 Å². The van der Waals surface area contributed by atoms with Gasteiger partial charge in [-0.15, -0.1) is 0 Å². The van der Waals surface area contributed by atoms with E-state index < -0.39 is 0 Å². The Morgan fingerprint density at radius 2 is 1.83 bits per heavy atom. The van der Waals surface area contributed by atoms with E-state index in [1.807, 2.05) is 0 Å². The molecule has 0 bridgehead atoms. The summed E-state index contributed by atoms with van der Waals surface area (Å²) in [7, 11) is 1.78. The van der Waals surface area contributed by atoms with Crippen LogP contribution in [0.5, 0.6) is 5.75 Å². The van der Waals surface area contributed by atoms with Gasteiger partial charge in [-0.25, -0.2) is 0 Å². The van der Waals surface area contributed by atoms with Crippen LogP contribution in [0, 0.1) is 5.41 Å². The zero-order valence-corrected chi connectivity index (χ0v) is 21.9. The minimum Gasteiger partial charge on any atom is -0.497 e. The fourth-order valence-electron chi connectivity index (χ4n) is 7.60. The fraction of sp³-hybridized carbons (Fsp3) is 0.613. The molecule has 35 heavy (non-hydrogen) atoms. The summed E-state index contributed by atoms with van der Waals surface area (Å²) < 4.78 is 5.52. The molecule has 0 amide bonds. The van der Waals surface area contributed by atoms with Crippen molar-refractivity contribution in [2.24, 2.45) is 5.41 Å². The zero-order chi connectivity index (χ0) is 24.0. The maximum Gasteiger partial charge on any atom is 0.119 e. The predicted octanol–water partition coefficient (Wildman–Crippen LogP) is 5.35. The molecule has 2 heterocycles. The average Bonchev–Trinajstić information content (AvgIpc) is 2.86. The standard InChI is InChI=1S/C31H43N3O/c1-22(2)27-6-4-5-7-28(27)30-21-33(20-24-16-23-8-9-26(35-3)17-29(23)24)14-15-34(30)25-18-31(19-25)10-12-32-13-11-31/h4-9,17,22,24-25,30,32H,10-16,18-21H2,1-3H3. The lowest BCUT2D eigenvalue weighted by molar-refractivity contribution is -0.0647. The van der Waals surface area contributed by atoms with Crippen LogP contribution in [0.15, 0.2) is 42.5 Å². The second kappa shape index (κ2) is 9.53. The number of rotatable bonds is 6. The van der Waals surface area contributed by atoms with E-state index in [2.05, 4.69) is 71.4 Å². The van der Waals surface area contributed by atoms with Gasteiger partial charge in [-0.2, -0.15) is 0 Å². The quantitative estimate of drug-likeness (QED) is 0.612. The topological polar surface area (TPSA) is 27.7 Å². The number of nitrogens with one attached hydrogen (secondary N) is 1. The Bertz CT molecular complexity index is 1040. The Morgan fingerprint density at radius 1 is 1.03 bits per heavy atom. The summed E-state index contributed by atoms with van der Waals surface area (Å²) in [6.07, 6.45) is 6.78. The van der Waals surface area contributed by atoms with Gasteiger partial charge in [-0.05, 0) is 90.9 Å². The lowest BCUT2D eigenvalue weighted by Crippen LogP contribution is -2.60. The molecule has 6 rings (SSSR count). The Balaban J connectivity index is 1.21. The second-order valence-corrected chi connectivity index (χ2v) is 12.1. The number of piperazine rings is 1. The van der Waals surface area contributed by atoms with Gasteiger partial charge in [0, 0.05) is 44.2 Å². The molecule has 188 valence electrons. The first-order chi connectivity index (χ1) is 17.0. The Kier molecular flexibility index (Phi) is 6.41. The SMILES string of the molecule is COc1ccc2c(c1)C(CN1CCN(C3CC4(CCNCC4)C3)C(c3ccccc3C(C)C)C1)C2. The van der Waals surface area contributed by atoms with Crippen LogP contribution in [0.25, 0.3) is 0 Å². The van der Waals surface area contributed by atoms with Gasteiger partial charge in [0.1, 0.15) is 5.75 Å². The number of benzene rings is 2. The minimum atomic E-state index is 0.510. The number of hydrogen-bond donors (Lipinski definition) is 1. The molecule has 2 aromatic rings. The third-order valence-corrected chi connectivity index (χ3v) is 9.69. The van der Waals surface area contributed by atoms with Crippen LogP contribution in [0.2, 0.25) is 0 Å². The normalized spacial score (nSPS) is 26.9. The molecule has 4 aliphatic rings. The maximum atomic E-state index is 5.52. The van der Waals surface area contributed by atoms with Crippen molar-refractivity contribution in [2.45, 2.75) is 69.9 Å². The number of nitrogens with zero attached hydrogens (tertiary/aromatic N) is 2. The molecule has 0 radical (unpaired) electrons. The largest absolute Gasteiger partial charge is 0.497 e. The Morgan fingerprint density at radius 3 is 2.60 bits per heavy atom. The summed E-state index contributed by atoms with van der Waals surface area (Å²) in [5.41, 5.74) is 6.77. The average molecular weight is 474 g/mol. The molecule has 4 nitrogen and oxygen atoms in total. The van der Waals surface area contributed by atoms with Gasteiger partial charge >= 0.3 is 0 Å². The number of fused-ring (bicyclic) bond motifs is 1. The van der Waals surface area contributed by atoms with Crippen molar-refractivity contribution in [2.75, 3.05) is 46.4 Å². The van der Waals surface area contributed by atoms with E-state index in [1.165, 1.54) is 76.0 Å². The van der Waals surface area contributed by atoms with Crippen LogP contribution in [-0.2, 0) is 6.42 Å². The van der Waals surface area contributed by atoms with Crippen LogP contribution in [-0.4, -0.2) is 62.2 Å². The molecule has 2 unspecified atom stereocenters. The van der Waals surface area contributed by atoms with Crippen LogP contribution in [0.1, 0.15) is 79.7 Å². The summed E-state index contributed by atoms with van der Waals surface area (Å²) in [5.74, 6) is 2.21. The summed E-state index contributed by atoms with van der Waals surface area (Å²) >= 11 is 0. The molecule has 2 aliphatic heterocycles. The predicted molar refractivity (Wildman–Crippen MR) is 143 cm³/mol. The fourth-order valence-corrected chi connectivity index (χ4v) is 7.60. The second-order valence-electron chi connectivity index (χ2n) is 12.1. The first-order valence-electron chi connectivity index (χ1n) is 14.0. The van der Waals surface area contributed by atoms with Crippen LogP contribution >= 0.6 is 0 Å². The van der Waals surface area contributed by atoms with E-state index in [4.69, 9.17) is 4.74 Å². The monoisotopic (exact) mass is 473 g/mol. The smallest absolute Gasteiger partial charge is 0.119 e. The van der Waals surface area contributed by atoms with Gasteiger partial charge in [0.25, 0.3) is 0 Å². The number of methoxy groups -OCH3 is 1. The van der Waals surface area contributed by atoms with Crippen LogP contribution in [0.3, 0.4) is 0 Å². The van der Waals surface area contributed by atoms with Crippen molar-refractivity contribution < 1.29 is 4.74 Å². The van der Waals surface area contributed by atoms with Gasteiger partial charge in [0.05, 0.1) is 7.11 Å². The summed E-state index contributed by atoms with van der Waals surface area (Å²) in [5, 5.41) is 3.58. The Labute approximate surface area is 212 Å². The first kappa shape index (κ1) is 23.5. The van der Waals surface area contributed by atoms with Crippen molar-refractivity contribution in [3.63, 3.8) is 0 Å². The highest BCUT2D eigenvalue weighted by atomic mass is 16.5. The van der Waals surface area contributed by atoms with Crippen molar-refractivity contribution in [3.05, 3.63) is 64.7 Å². The van der Waals surface area contributed by atoms with Gasteiger partial charge in [-0.3, -0.25) is 9.80 Å². The highest BCUT2D eigenvalue weighted by Crippen LogP contribution is 2.52. The number of ether oxygens (including phenoxy) is 1. The number of hydrogen-bond acceptors (Lipinski definition) is 4. The van der Waals surface area contributed by atoms with Crippen molar-refractivity contribution in [3.8, 4) is 5.75 Å². The lowest BCUT2D eigenvalue weighted by atomic mass is 9.60. The molecule has 2 aromatic carbocycles. The van der Waals surface area contributed by atoms with Gasteiger partial charge < -0.3 is 10.1 Å². The van der Waals surface area contributed by atoms with E-state index in [0.29, 0.717) is 23.3 Å². The highest BCUT2D eigenvalue weighted by Gasteiger charge is 2.49. The molecular formula is C31H43N3O. The highest BCUT2D eigenvalue weighted by molar-refractivity contribution is 5.45. The maximum absolute atomic E-state index is 5.52. The molecule has 2 atom stereocenters. The van der Waals surface area contributed by atoms with E-state index in [9.17, 15) is 0 Å². The van der Waals surface area contributed by atoms with Crippen molar-refractivity contribution in [1.29, 1.82) is 0 Å². The third kappa shape index (κ3) is 4.43. The molecule has 1 N–H and O–H groups in total. The Hall–Kier alpha value is -1.88. The molecule has 3 fully saturated rings. The van der Waals surface area contributed by atoms with E-state index in [1.54, 1.807) is 18.2 Å². The summed E-state index contributed by atoms with van der Waals surface area (Å²) in [6.45, 7) is 11.9. The molecular weight excluding hydrogens is 430 g/mol. The first-order valence-corrected chi connectivity index (χ1v) is 14.0.